The molecular formula is C20H23N3O2. The summed E-state index contributed by atoms with van der Waals surface area (Å²) in [6, 6.07) is 15.1. The van der Waals surface area contributed by atoms with Crippen molar-refractivity contribution in [3.8, 4) is 0 Å². The van der Waals surface area contributed by atoms with E-state index >= 15 is 0 Å². The third-order valence-electron chi connectivity index (χ3n) is 4.61. The number of urea groups is 1. The monoisotopic (exact) mass is 337 g/mol. The smallest absolute Gasteiger partial charge is 0.316 e. The van der Waals surface area contributed by atoms with Gasteiger partial charge in [0.15, 0.2) is 0 Å². The van der Waals surface area contributed by atoms with Gasteiger partial charge in [0.1, 0.15) is 0 Å². The van der Waals surface area contributed by atoms with Crippen molar-refractivity contribution in [1.29, 1.82) is 0 Å². The Balaban J connectivity index is 1.56. The summed E-state index contributed by atoms with van der Waals surface area (Å²) in [5, 5.41) is 5.51. The molecule has 0 bridgehead atoms. The minimum absolute atomic E-state index is 0.0509. The highest BCUT2D eigenvalue weighted by Crippen LogP contribution is 2.33. The molecule has 1 aliphatic rings. The third kappa shape index (κ3) is 4.59. The fourth-order valence-corrected chi connectivity index (χ4v) is 3.46. The maximum Gasteiger partial charge on any atom is 0.316 e. The first-order valence-corrected chi connectivity index (χ1v) is 8.62. The molecule has 5 nitrogen and oxygen atoms in total. The fraction of sp³-hybridized carbons (Fsp3) is 0.300. The molecule has 2 aromatic carbocycles. The predicted octanol–water partition coefficient (Wildman–Crippen LogP) is 3.30. The van der Waals surface area contributed by atoms with Gasteiger partial charge in [-0.25, -0.2) is 4.79 Å². The second kappa shape index (κ2) is 7.83. The summed E-state index contributed by atoms with van der Waals surface area (Å²) in [4.78, 5) is 23.3. The zero-order valence-corrected chi connectivity index (χ0v) is 14.1. The van der Waals surface area contributed by atoms with Crippen molar-refractivity contribution in [2.24, 2.45) is 5.73 Å². The highest BCUT2D eigenvalue weighted by atomic mass is 16.2. The summed E-state index contributed by atoms with van der Waals surface area (Å²) in [6.45, 7) is 0.432. The number of benzene rings is 2. The van der Waals surface area contributed by atoms with Crippen LogP contribution < -0.4 is 16.4 Å². The van der Waals surface area contributed by atoms with Gasteiger partial charge in [0.2, 0.25) is 5.91 Å². The molecule has 0 fully saturated rings. The van der Waals surface area contributed by atoms with E-state index in [0.29, 0.717) is 24.6 Å². The predicted molar refractivity (Wildman–Crippen MR) is 98.2 cm³/mol. The first kappa shape index (κ1) is 17.0. The molecule has 0 saturated carbocycles. The van der Waals surface area contributed by atoms with Crippen molar-refractivity contribution in [3.05, 3.63) is 65.2 Å². The maximum atomic E-state index is 12.4. The normalized spacial score (nSPS) is 15.9. The van der Waals surface area contributed by atoms with Gasteiger partial charge in [0, 0.05) is 18.7 Å². The molecule has 1 aliphatic carbocycles. The number of anilines is 1. The number of primary amides is 1. The average Bonchev–Trinajstić information content (AvgIpc) is 2.60. The summed E-state index contributed by atoms with van der Waals surface area (Å²) in [7, 11) is 0. The zero-order chi connectivity index (χ0) is 17.6. The number of carbonyl (C=O) groups is 2. The molecule has 0 radical (unpaired) electrons. The molecule has 0 saturated heterocycles. The van der Waals surface area contributed by atoms with E-state index in [2.05, 4.69) is 28.8 Å². The van der Waals surface area contributed by atoms with E-state index in [0.717, 1.165) is 24.8 Å². The van der Waals surface area contributed by atoms with E-state index < -0.39 is 6.03 Å². The van der Waals surface area contributed by atoms with Crippen LogP contribution in [0.1, 0.15) is 41.9 Å². The van der Waals surface area contributed by atoms with Crippen LogP contribution in [-0.2, 0) is 17.8 Å². The lowest BCUT2D eigenvalue weighted by molar-refractivity contribution is -0.121. The van der Waals surface area contributed by atoms with Crippen LogP contribution in [0.15, 0.2) is 48.5 Å². The number of fused-ring (bicyclic) bond motifs is 1. The average molecular weight is 337 g/mol. The van der Waals surface area contributed by atoms with Crippen molar-refractivity contribution in [1.82, 2.24) is 5.32 Å². The molecule has 0 aromatic heterocycles. The Kier molecular flexibility index (Phi) is 5.33. The number of hydrogen-bond acceptors (Lipinski definition) is 2. The minimum Gasteiger partial charge on any atom is -0.352 e. The number of aryl methyl sites for hydroxylation is 1. The molecule has 25 heavy (non-hydrogen) atoms. The first-order valence-electron chi connectivity index (χ1n) is 8.62. The molecule has 5 heteroatoms. The zero-order valence-electron chi connectivity index (χ0n) is 14.1. The molecule has 1 atom stereocenters. The molecule has 0 spiro atoms. The van der Waals surface area contributed by atoms with Gasteiger partial charge in [-0.15, -0.1) is 0 Å². The second-order valence-corrected chi connectivity index (χ2v) is 6.46. The fourth-order valence-electron chi connectivity index (χ4n) is 3.46. The van der Waals surface area contributed by atoms with Crippen molar-refractivity contribution < 1.29 is 9.59 Å². The van der Waals surface area contributed by atoms with Crippen LogP contribution in [0.2, 0.25) is 0 Å². The number of rotatable bonds is 5. The number of nitrogens with one attached hydrogen (secondary N) is 2. The molecular weight excluding hydrogens is 314 g/mol. The van der Waals surface area contributed by atoms with Crippen LogP contribution in [0.5, 0.6) is 0 Å². The Labute approximate surface area is 147 Å². The summed E-state index contributed by atoms with van der Waals surface area (Å²) in [5.74, 6) is 0.350. The van der Waals surface area contributed by atoms with Gasteiger partial charge in [-0.1, -0.05) is 36.4 Å². The topological polar surface area (TPSA) is 84.2 Å². The lowest BCUT2D eigenvalue weighted by Gasteiger charge is -2.25. The summed E-state index contributed by atoms with van der Waals surface area (Å²) in [5.41, 5.74) is 9.35. The van der Waals surface area contributed by atoms with Crippen molar-refractivity contribution >= 4 is 17.6 Å². The largest absolute Gasteiger partial charge is 0.352 e. The van der Waals surface area contributed by atoms with Gasteiger partial charge in [-0.2, -0.15) is 0 Å². The van der Waals surface area contributed by atoms with Crippen LogP contribution in [0.25, 0.3) is 0 Å². The minimum atomic E-state index is -0.600. The standard InChI is InChI=1S/C20H23N3O2/c21-20(25)23-17-9-3-5-14(11-17)13-22-19(24)12-16-8-4-7-15-6-1-2-10-18(15)16/h1-3,5-6,9-11,16H,4,7-8,12-13H2,(H,22,24)(H3,21,23,25)/t16-/m1/s1. The molecule has 0 aliphatic heterocycles. The third-order valence-corrected chi connectivity index (χ3v) is 4.61. The highest BCUT2D eigenvalue weighted by molar-refractivity contribution is 5.87. The van der Waals surface area contributed by atoms with E-state index in [1.54, 1.807) is 12.1 Å². The lowest BCUT2D eigenvalue weighted by Crippen LogP contribution is -2.26. The quantitative estimate of drug-likeness (QED) is 0.782. The summed E-state index contributed by atoms with van der Waals surface area (Å²) < 4.78 is 0. The summed E-state index contributed by atoms with van der Waals surface area (Å²) >= 11 is 0. The van der Waals surface area contributed by atoms with Gasteiger partial charge in [-0.3, -0.25) is 4.79 Å². The molecule has 2 aromatic rings. The molecule has 3 amide bonds. The molecule has 130 valence electrons. The second-order valence-electron chi connectivity index (χ2n) is 6.46. The van der Waals surface area contributed by atoms with E-state index in [1.165, 1.54) is 11.1 Å². The van der Waals surface area contributed by atoms with Crippen LogP contribution in [0.4, 0.5) is 10.5 Å². The summed E-state index contributed by atoms with van der Waals surface area (Å²) in [6.07, 6.45) is 3.81. The molecule has 0 unspecified atom stereocenters. The van der Waals surface area contributed by atoms with Gasteiger partial charge >= 0.3 is 6.03 Å². The van der Waals surface area contributed by atoms with E-state index in [4.69, 9.17) is 5.73 Å². The molecule has 3 rings (SSSR count). The van der Waals surface area contributed by atoms with Gasteiger partial charge < -0.3 is 16.4 Å². The van der Waals surface area contributed by atoms with Crippen LogP contribution in [0.3, 0.4) is 0 Å². The Morgan fingerprint density at radius 2 is 1.96 bits per heavy atom. The maximum absolute atomic E-state index is 12.4. The number of nitrogens with two attached hydrogens (primary N) is 1. The highest BCUT2D eigenvalue weighted by Gasteiger charge is 2.22. The van der Waals surface area contributed by atoms with E-state index in [9.17, 15) is 9.59 Å². The first-order chi connectivity index (χ1) is 12.1. The van der Waals surface area contributed by atoms with Crippen molar-refractivity contribution in [2.45, 2.75) is 38.1 Å². The molecule has 0 heterocycles. The number of hydrogen-bond donors (Lipinski definition) is 3. The Hall–Kier alpha value is -2.82. The SMILES string of the molecule is NC(=O)Nc1cccc(CNC(=O)C[C@H]2CCCc3ccccc32)c1. The Morgan fingerprint density at radius 3 is 2.80 bits per heavy atom. The van der Waals surface area contributed by atoms with Crippen LogP contribution >= 0.6 is 0 Å². The van der Waals surface area contributed by atoms with Gasteiger partial charge in [0.05, 0.1) is 0 Å². The van der Waals surface area contributed by atoms with Gasteiger partial charge in [-0.05, 0) is 54.0 Å². The van der Waals surface area contributed by atoms with Crippen LogP contribution in [-0.4, -0.2) is 11.9 Å². The van der Waals surface area contributed by atoms with Crippen LogP contribution in [0, 0.1) is 0 Å². The Bertz CT molecular complexity index is 773. The van der Waals surface area contributed by atoms with E-state index in [-0.39, 0.29) is 5.91 Å². The van der Waals surface area contributed by atoms with Crippen molar-refractivity contribution in [3.63, 3.8) is 0 Å². The van der Waals surface area contributed by atoms with E-state index in [1.807, 2.05) is 18.2 Å². The van der Waals surface area contributed by atoms with Gasteiger partial charge in [0.25, 0.3) is 0 Å². The Morgan fingerprint density at radius 1 is 1.12 bits per heavy atom. The van der Waals surface area contributed by atoms with Crippen molar-refractivity contribution in [2.75, 3.05) is 5.32 Å². The lowest BCUT2D eigenvalue weighted by atomic mass is 9.81. The molecule has 4 N–H and O–H groups in total. The number of carbonyl (C=O) groups excluding carboxylic acids is 2. The number of amides is 3.